The highest BCUT2D eigenvalue weighted by Gasteiger charge is 2.12. The first-order valence-electron chi connectivity index (χ1n) is 6.84. The third-order valence-electron chi connectivity index (χ3n) is 3.22. The summed E-state index contributed by atoms with van der Waals surface area (Å²) in [6.07, 6.45) is 0. The summed E-state index contributed by atoms with van der Waals surface area (Å²) in [6, 6.07) is 16.2. The number of methoxy groups -OCH3 is 1. The Morgan fingerprint density at radius 2 is 1.96 bits per heavy atom. The van der Waals surface area contributed by atoms with E-state index in [1.807, 2.05) is 24.3 Å². The second kappa shape index (κ2) is 6.66. The third kappa shape index (κ3) is 3.60. The molecule has 116 valence electrons. The van der Waals surface area contributed by atoms with E-state index in [-0.39, 0.29) is 11.8 Å². The molecule has 23 heavy (non-hydrogen) atoms. The molecule has 0 saturated heterocycles. The van der Waals surface area contributed by atoms with Crippen LogP contribution in [0.1, 0.15) is 10.4 Å². The van der Waals surface area contributed by atoms with Gasteiger partial charge in [0.2, 0.25) is 5.88 Å². The number of benzene rings is 2. The second-order valence-corrected chi connectivity index (χ2v) is 5.69. The Labute approximate surface area is 141 Å². The average molecular weight is 373 g/mol. The number of nitrogens with zero attached hydrogens (tertiary/aromatic N) is 1. The Morgan fingerprint density at radius 1 is 1.17 bits per heavy atom. The normalized spacial score (nSPS) is 10.3. The van der Waals surface area contributed by atoms with Gasteiger partial charge in [0, 0.05) is 21.7 Å². The van der Waals surface area contributed by atoms with Gasteiger partial charge in [-0.2, -0.15) is 0 Å². The van der Waals surface area contributed by atoms with E-state index in [9.17, 15) is 4.79 Å². The number of carbonyl (C=O) groups excluding carboxylic acids is 1. The lowest BCUT2D eigenvalue weighted by molar-refractivity contribution is 0.102. The van der Waals surface area contributed by atoms with E-state index < -0.39 is 0 Å². The smallest absolute Gasteiger partial charge is 0.258 e. The molecule has 1 heterocycles. The molecule has 3 aromatic rings. The Bertz CT molecular complexity index is 828. The molecule has 6 heteroatoms. The highest BCUT2D eigenvalue weighted by Crippen LogP contribution is 2.24. The van der Waals surface area contributed by atoms with Crippen LogP contribution in [0.5, 0.6) is 5.75 Å². The van der Waals surface area contributed by atoms with Crippen molar-refractivity contribution in [3.8, 4) is 17.0 Å². The molecule has 1 amide bonds. The van der Waals surface area contributed by atoms with Crippen LogP contribution in [0, 0.1) is 0 Å². The highest BCUT2D eigenvalue weighted by molar-refractivity contribution is 9.10. The van der Waals surface area contributed by atoms with Crippen LogP contribution in [0.25, 0.3) is 11.3 Å². The van der Waals surface area contributed by atoms with Crippen LogP contribution < -0.4 is 10.1 Å². The van der Waals surface area contributed by atoms with E-state index in [1.54, 1.807) is 37.4 Å². The summed E-state index contributed by atoms with van der Waals surface area (Å²) in [5.41, 5.74) is 2.03. The first kappa shape index (κ1) is 15.3. The Hall–Kier alpha value is -2.60. The van der Waals surface area contributed by atoms with E-state index in [0.29, 0.717) is 17.0 Å². The van der Waals surface area contributed by atoms with Crippen LogP contribution in [-0.4, -0.2) is 18.2 Å². The maximum absolute atomic E-state index is 12.2. The van der Waals surface area contributed by atoms with E-state index in [4.69, 9.17) is 9.26 Å². The third-order valence-corrected chi connectivity index (χ3v) is 3.75. The summed E-state index contributed by atoms with van der Waals surface area (Å²) in [4.78, 5) is 12.2. The summed E-state index contributed by atoms with van der Waals surface area (Å²) in [5, 5.41) is 6.64. The van der Waals surface area contributed by atoms with Crippen LogP contribution in [-0.2, 0) is 0 Å². The van der Waals surface area contributed by atoms with Crippen molar-refractivity contribution in [1.29, 1.82) is 0 Å². The van der Waals surface area contributed by atoms with Gasteiger partial charge in [0.15, 0.2) is 0 Å². The number of rotatable bonds is 4. The predicted molar refractivity (Wildman–Crippen MR) is 90.6 cm³/mol. The molecule has 0 unspecified atom stereocenters. The molecule has 2 aromatic carbocycles. The monoisotopic (exact) mass is 372 g/mol. The topological polar surface area (TPSA) is 64.4 Å². The predicted octanol–water partition coefficient (Wildman–Crippen LogP) is 4.37. The van der Waals surface area contributed by atoms with Crippen molar-refractivity contribution < 1.29 is 14.1 Å². The number of ether oxygens (including phenoxy) is 1. The number of amides is 1. The fraction of sp³-hybridized carbons (Fsp3) is 0.0588. The first-order chi connectivity index (χ1) is 11.2. The average Bonchev–Trinajstić information content (AvgIpc) is 3.04. The van der Waals surface area contributed by atoms with Gasteiger partial charge in [-0.1, -0.05) is 39.3 Å². The van der Waals surface area contributed by atoms with Gasteiger partial charge in [-0.05, 0) is 30.3 Å². The minimum Gasteiger partial charge on any atom is -0.497 e. The number of anilines is 1. The molecule has 0 bridgehead atoms. The molecule has 1 N–H and O–H groups in total. The standard InChI is InChI=1S/C17H13BrN2O3/c1-22-14-4-2-3-12(9-14)17(21)19-16-10-15(20-23-16)11-5-7-13(18)8-6-11/h2-10H,1H3,(H,19,21). The van der Waals surface area contributed by atoms with Gasteiger partial charge in [0.1, 0.15) is 11.4 Å². The van der Waals surface area contributed by atoms with Crippen LogP contribution in [0.15, 0.2) is 63.6 Å². The van der Waals surface area contributed by atoms with Gasteiger partial charge in [-0.3, -0.25) is 10.1 Å². The number of carbonyl (C=O) groups is 1. The summed E-state index contributed by atoms with van der Waals surface area (Å²) in [6.45, 7) is 0. The summed E-state index contributed by atoms with van der Waals surface area (Å²) >= 11 is 3.38. The van der Waals surface area contributed by atoms with Crippen molar-refractivity contribution in [3.05, 3.63) is 64.6 Å². The van der Waals surface area contributed by atoms with E-state index in [1.165, 1.54) is 0 Å². The van der Waals surface area contributed by atoms with Crippen molar-refractivity contribution in [3.63, 3.8) is 0 Å². The van der Waals surface area contributed by atoms with E-state index in [0.717, 1.165) is 10.0 Å². The maximum atomic E-state index is 12.2. The van der Waals surface area contributed by atoms with Crippen LogP contribution in [0.2, 0.25) is 0 Å². The minimum atomic E-state index is -0.289. The summed E-state index contributed by atoms with van der Waals surface area (Å²) in [5.74, 6) is 0.615. The van der Waals surface area contributed by atoms with Gasteiger partial charge >= 0.3 is 0 Å². The molecule has 0 spiro atoms. The van der Waals surface area contributed by atoms with Crippen molar-refractivity contribution >= 4 is 27.7 Å². The number of aromatic nitrogens is 1. The molecular weight excluding hydrogens is 360 g/mol. The van der Waals surface area contributed by atoms with E-state index in [2.05, 4.69) is 26.4 Å². The summed E-state index contributed by atoms with van der Waals surface area (Å²) in [7, 11) is 1.55. The van der Waals surface area contributed by atoms with Crippen molar-refractivity contribution in [2.45, 2.75) is 0 Å². The minimum absolute atomic E-state index is 0.288. The lowest BCUT2D eigenvalue weighted by Gasteiger charge is -2.03. The molecule has 3 rings (SSSR count). The molecule has 0 aliphatic rings. The lowest BCUT2D eigenvalue weighted by Crippen LogP contribution is -2.11. The fourth-order valence-corrected chi connectivity index (χ4v) is 2.30. The van der Waals surface area contributed by atoms with Crippen molar-refractivity contribution in [1.82, 2.24) is 5.16 Å². The molecule has 5 nitrogen and oxygen atoms in total. The number of hydrogen-bond acceptors (Lipinski definition) is 4. The van der Waals surface area contributed by atoms with Gasteiger partial charge in [-0.15, -0.1) is 0 Å². The molecule has 1 aromatic heterocycles. The molecule has 0 radical (unpaired) electrons. The van der Waals surface area contributed by atoms with Gasteiger partial charge in [-0.25, -0.2) is 0 Å². The molecule has 0 atom stereocenters. The largest absolute Gasteiger partial charge is 0.497 e. The first-order valence-corrected chi connectivity index (χ1v) is 7.63. The lowest BCUT2D eigenvalue weighted by atomic mass is 10.1. The Morgan fingerprint density at radius 3 is 2.70 bits per heavy atom. The zero-order chi connectivity index (χ0) is 16.2. The van der Waals surface area contributed by atoms with Crippen LogP contribution >= 0.6 is 15.9 Å². The zero-order valence-electron chi connectivity index (χ0n) is 12.2. The fourth-order valence-electron chi connectivity index (χ4n) is 2.04. The van der Waals surface area contributed by atoms with Gasteiger partial charge in [0.05, 0.1) is 7.11 Å². The molecule has 0 saturated carbocycles. The molecular formula is C17H13BrN2O3. The number of hydrogen-bond donors (Lipinski definition) is 1. The Balaban J connectivity index is 1.75. The SMILES string of the molecule is COc1cccc(C(=O)Nc2cc(-c3ccc(Br)cc3)no2)c1. The van der Waals surface area contributed by atoms with E-state index >= 15 is 0 Å². The second-order valence-electron chi connectivity index (χ2n) is 4.77. The Kier molecular flexibility index (Phi) is 4.43. The van der Waals surface area contributed by atoms with Gasteiger partial charge < -0.3 is 9.26 Å². The summed E-state index contributed by atoms with van der Waals surface area (Å²) < 4.78 is 11.3. The van der Waals surface area contributed by atoms with Crippen LogP contribution in [0.4, 0.5) is 5.88 Å². The van der Waals surface area contributed by atoms with Crippen molar-refractivity contribution in [2.75, 3.05) is 12.4 Å². The number of halogens is 1. The quantitative estimate of drug-likeness (QED) is 0.738. The highest BCUT2D eigenvalue weighted by atomic mass is 79.9. The number of nitrogens with one attached hydrogen (secondary N) is 1. The molecule has 0 aliphatic heterocycles. The molecule has 0 fully saturated rings. The van der Waals surface area contributed by atoms with Crippen LogP contribution in [0.3, 0.4) is 0 Å². The van der Waals surface area contributed by atoms with Gasteiger partial charge in [0.25, 0.3) is 5.91 Å². The molecule has 0 aliphatic carbocycles. The van der Waals surface area contributed by atoms with Crippen molar-refractivity contribution in [2.24, 2.45) is 0 Å². The zero-order valence-corrected chi connectivity index (χ0v) is 13.8. The maximum Gasteiger partial charge on any atom is 0.258 e.